The van der Waals surface area contributed by atoms with Gasteiger partial charge in [0.25, 0.3) is 0 Å². The van der Waals surface area contributed by atoms with Gasteiger partial charge in [0, 0.05) is 0 Å². The quantitative estimate of drug-likeness (QED) is 0.428. The Kier molecular flexibility index (Phi) is 4.40. The van der Waals surface area contributed by atoms with Crippen molar-refractivity contribution in [2.24, 2.45) is 0 Å². The first kappa shape index (κ1) is 11.0. The van der Waals surface area contributed by atoms with E-state index in [-0.39, 0.29) is 0 Å². The molecule has 0 unspecified atom stereocenters. The standard InChI is InChI=1S/C10H13ClN2O/c1-3-5-6-14-10-8(4-2)9(11)12-7-13-10/h3,7H,1,4-6H2,2H3. The molecule has 0 atom stereocenters. The van der Waals surface area contributed by atoms with Gasteiger partial charge in [-0.25, -0.2) is 9.97 Å². The maximum absolute atomic E-state index is 5.89. The number of aromatic nitrogens is 2. The van der Waals surface area contributed by atoms with Crippen molar-refractivity contribution in [1.82, 2.24) is 9.97 Å². The van der Waals surface area contributed by atoms with Crippen LogP contribution in [-0.2, 0) is 6.42 Å². The molecule has 1 rings (SSSR count). The molecule has 76 valence electrons. The summed E-state index contributed by atoms with van der Waals surface area (Å²) in [6.45, 7) is 6.18. The SMILES string of the molecule is C=CCCOc1ncnc(Cl)c1CC. The number of nitrogens with zero attached hydrogens (tertiary/aromatic N) is 2. The minimum Gasteiger partial charge on any atom is -0.477 e. The number of rotatable bonds is 5. The van der Waals surface area contributed by atoms with E-state index in [1.807, 2.05) is 6.92 Å². The van der Waals surface area contributed by atoms with Gasteiger partial charge in [0.1, 0.15) is 11.5 Å². The predicted octanol–water partition coefficient (Wildman–Crippen LogP) is 2.65. The normalized spacial score (nSPS) is 9.86. The Morgan fingerprint density at radius 2 is 2.36 bits per heavy atom. The van der Waals surface area contributed by atoms with Crippen LogP contribution in [0.4, 0.5) is 0 Å². The number of ether oxygens (including phenoxy) is 1. The highest BCUT2D eigenvalue weighted by molar-refractivity contribution is 6.30. The highest BCUT2D eigenvalue weighted by Gasteiger charge is 2.08. The van der Waals surface area contributed by atoms with Gasteiger partial charge in [-0.3, -0.25) is 0 Å². The first-order chi connectivity index (χ1) is 6.79. The predicted molar refractivity (Wildman–Crippen MR) is 56.7 cm³/mol. The lowest BCUT2D eigenvalue weighted by Gasteiger charge is -2.08. The first-order valence-corrected chi connectivity index (χ1v) is 4.90. The van der Waals surface area contributed by atoms with Crippen molar-refractivity contribution in [2.45, 2.75) is 19.8 Å². The van der Waals surface area contributed by atoms with Crippen LogP contribution in [0.15, 0.2) is 19.0 Å². The van der Waals surface area contributed by atoms with E-state index in [0.29, 0.717) is 17.6 Å². The van der Waals surface area contributed by atoms with Crippen LogP contribution in [0.1, 0.15) is 18.9 Å². The first-order valence-electron chi connectivity index (χ1n) is 4.52. The minimum absolute atomic E-state index is 0.469. The molecule has 0 amide bonds. The molecule has 0 aliphatic carbocycles. The van der Waals surface area contributed by atoms with Crippen LogP contribution in [0.5, 0.6) is 5.88 Å². The van der Waals surface area contributed by atoms with Gasteiger partial charge < -0.3 is 4.74 Å². The van der Waals surface area contributed by atoms with Crippen molar-refractivity contribution in [3.63, 3.8) is 0 Å². The summed E-state index contributed by atoms with van der Waals surface area (Å²) in [5.74, 6) is 0.578. The Morgan fingerprint density at radius 3 is 3.00 bits per heavy atom. The summed E-state index contributed by atoms with van der Waals surface area (Å²) in [6.07, 6.45) is 4.77. The van der Waals surface area contributed by atoms with Crippen molar-refractivity contribution in [2.75, 3.05) is 6.61 Å². The summed E-state index contributed by atoms with van der Waals surface area (Å²) in [5, 5.41) is 0.469. The third kappa shape index (κ3) is 2.70. The van der Waals surface area contributed by atoms with Gasteiger partial charge in [0.2, 0.25) is 5.88 Å². The van der Waals surface area contributed by atoms with Crippen LogP contribution in [0.2, 0.25) is 5.15 Å². The largest absolute Gasteiger partial charge is 0.477 e. The average Bonchev–Trinajstić information content (AvgIpc) is 2.18. The molecular weight excluding hydrogens is 200 g/mol. The second-order valence-corrected chi connectivity index (χ2v) is 3.09. The van der Waals surface area contributed by atoms with Crippen LogP contribution < -0.4 is 4.74 Å². The van der Waals surface area contributed by atoms with Gasteiger partial charge in [-0.05, 0) is 12.8 Å². The molecule has 0 aliphatic rings. The van der Waals surface area contributed by atoms with E-state index < -0.39 is 0 Å². The van der Waals surface area contributed by atoms with Gasteiger partial charge in [-0.15, -0.1) is 6.58 Å². The smallest absolute Gasteiger partial charge is 0.221 e. The number of hydrogen-bond donors (Lipinski definition) is 0. The molecule has 0 N–H and O–H groups in total. The van der Waals surface area contributed by atoms with Crippen molar-refractivity contribution in [3.8, 4) is 5.88 Å². The Bertz CT molecular complexity index is 315. The Labute approximate surface area is 88.8 Å². The summed E-state index contributed by atoms with van der Waals surface area (Å²) < 4.78 is 5.44. The second kappa shape index (κ2) is 5.60. The summed E-state index contributed by atoms with van der Waals surface area (Å²) in [5.41, 5.74) is 0.859. The van der Waals surface area contributed by atoms with E-state index in [9.17, 15) is 0 Å². The van der Waals surface area contributed by atoms with E-state index in [2.05, 4.69) is 16.5 Å². The zero-order chi connectivity index (χ0) is 10.4. The molecule has 0 aliphatic heterocycles. The molecule has 1 heterocycles. The van der Waals surface area contributed by atoms with Crippen LogP contribution in [-0.4, -0.2) is 16.6 Å². The lowest BCUT2D eigenvalue weighted by atomic mass is 10.2. The van der Waals surface area contributed by atoms with Crippen molar-refractivity contribution in [1.29, 1.82) is 0 Å². The monoisotopic (exact) mass is 212 g/mol. The van der Waals surface area contributed by atoms with E-state index in [0.717, 1.165) is 18.4 Å². The maximum Gasteiger partial charge on any atom is 0.221 e. The number of hydrogen-bond acceptors (Lipinski definition) is 3. The van der Waals surface area contributed by atoms with Crippen LogP contribution >= 0.6 is 11.6 Å². The average molecular weight is 213 g/mol. The third-order valence-electron chi connectivity index (χ3n) is 1.77. The Balaban J connectivity index is 2.74. The topological polar surface area (TPSA) is 35.0 Å². The summed E-state index contributed by atoms with van der Waals surface area (Å²) in [4.78, 5) is 7.92. The fourth-order valence-electron chi connectivity index (χ4n) is 1.04. The zero-order valence-corrected chi connectivity index (χ0v) is 8.92. The van der Waals surface area contributed by atoms with Crippen molar-refractivity contribution in [3.05, 3.63) is 29.7 Å². The molecule has 0 fully saturated rings. The fraction of sp³-hybridized carbons (Fsp3) is 0.400. The molecule has 0 radical (unpaired) electrons. The Hall–Kier alpha value is -1.09. The molecule has 0 saturated heterocycles. The van der Waals surface area contributed by atoms with Gasteiger partial charge in [0.15, 0.2) is 0 Å². The molecule has 0 aromatic carbocycles. The molecule has 3 nitrogen and oxygen atoms in total. The Morgan fingerprint density at radius 1 is 1.57 bits per heavy atom. The van der Waals surface area contributed by atoms with Crippen LogP contribution in [0, 0.1) is 0 Å². The molecule has 0 spiro atoms. The molecule has 1 aromatic rings. The number of halogens is 1. The van der Waals surface area contributed by atoms with E-state index in [1.54, 1.807) is 6.08 Å². The summed E-state index contributed by atoms with van der Waals surface area (Å²) in [6, 6.07) is 0. The van der Waals surface area contributed by atoms with Crippen LogP contribution in [0.25, 0.3) is 0 Å². The van der Waals surface area contributed by atoms with E-state index in [1.165, 1.54) is 6.33 Å². The van der Waals surface area contributed by atoms with Gasteiger partial charge in [-0.2, -0.15) is 0 Å². The second-order valence-electron chi connectivity index (χ2n) is 2.73. The summed E-state index contributed by atoms with van der Waals surface area (Å²) in [7, 11) is 0. The highest BCUT2D eigenvalue weighted by Crippen LogP contribution is 2.22. The van der Waals surface area contributed by atoms with Crippen molar-refractivity contribution < 1.29 is 4.74 Å². The van der Waals surface area contributed by atoms with Gasteiger partial charge in [-0.1, -0.05) is 24.6 Å². The molecule has 0 saturated carbocycles. The summed E-state index contributed by atoms with van der Waals surface area (Å²) >= 11 is 5.89. The molecule has 4 heteroatoms. The van der Waals surface area contributed by atoms with E-state index in [4.69, 9.17) is 16.3 Å². The minimum atomic E-state index is 0.469. The van der Waals surface area contributed by atoms with Gasteiger partial charge in [0.05, 0.1) is 12.2 Å². The third-order valence-corrected chi connectivity index (χ3v) is 2.09. The highest BCUT2D eigenvalue weighted by atomic mass is 35.5. The molecule has 14 heavy (non-hydrogen) atoms. The molecule has 0 bridgehead atoms. The zero-order valence-electron chi connectivity index (χ0n) is 8.16. The van der Waals surface area contributed by atoms with Gasteiger partial charge >= 0.3 is 0 Å². The lowest BCUT2D eigenvalue weighted by Crippen LogP contribution is -2.02. The molecule has 1 aromatic heterocycles. The van der Waals surface area contributed by atoms with E-state index >= 15 is 0 Å². The maximum atomic E-state index is 5.89. The molecular formula is C10H13ClN2O. The van der Waals surface area contributed by atoms with Crippen LogP contribution in [0.3, 0.4) is 0 Å². The lowest BCUT2D eigenvalue weighted by molar-refractivity contribution is 0.308. The van der Waals surface area contributed by atoms with Crippen molar-refractivity contribution >= 4 is 11.6 Å². The fourth-order valence-corrected chi connectivity index (χ4v) is 1.29.